The van der Waals surface area contributed by atoms with E-state index in [0.29, 0.717) is 27.1 Å². The van der Waals surface area contributed by atoms with Crippen LogP contribution >= 0.6 is 0 Å². The van der Waals surface area contributed by atoms with E-state index in [1.54, 1.807) is 0 Å². The van der Waals surface area contributed by atoms with E-state index in [1.807, 2.05) is 0 Å². The molecule has 0 nitrogen and oxygen atoms in total. The number of hydrogen-bond acceptors (Lipinski definition) is 0. The highest BCUT2D eigenvalue weighted by Crippen LogP contribution is 2.78. The topological polar surface area (TPSA) is 0 Å². The van der Waals surface area contributed by atoms with Crippen LogP contribution in [0.5, 0.6) is 0 Å². The van der Waals surface area contributed by atoms with Crippen LogP contribution in [0, 0.1) is 62.6 Å². The molecular formula is C31H52. The third kappa shape index (κ3) is 2.72. The Kier molecular flexibility index (Phi) is 4.84. The van der Waals surface area contributed by atoms with E-state index in [1.165, 1.54) is 69.8 Å². The summed E-state index contributed by atoms with van der Waals surface area (Å²) >= 11 is 0. The highest BCUT2D eigenvalue weighted by Gasteiger charge is 2.70. The van der Waals surface area contributed by atoms with Gasteiger partial charge in [-0.2, -0.15) is 0 Å². The first kappa shape index (κ1) is 22.5. The summed E-state index contributed by atoms with van der Waals surface area (Å²) in [5.74, 6) is 5.39. The molecule has 0 N–H and O–H groups in total. The molecule has 5 aliphatic carbocycles. The van der Waals surface area contributed by atoms with Crippen LogP contribution in [0.4, 0.5) is 0 Å². The lowest BCUT2D eigenvalue weighted by molar-refractivity contribution is -0.244. The van der Waals surface area contributed by atoms with Gasteiger partial charge in [0.15, 0.2) is 0 Å². The first-order valence-corrected chi connectivity index (χ1v) is 13.9. The van der Waals surface area contributed by atoms with Crippen LogP contribution in [0.25, 0.3) is 0 Å². The quantitative estimate of drug-likeness (QED) is 0.368. The maximum atomic E-state index is 4.43. The van der Waals surface area contributed by atoms with E-state index < -0.39 is 0 Å². The molecule has 0 aromatic rings. The van der Waals surface area contributed by atoms with Crippen molar-refractivity contribution in [1.82, 2.24) is 0 Å². The Balaban J connectivity index is 1.53. The van der Waals surface area contributed by atoms with Gasteiger partial charge in [-0.3, -0.25) is 0 Å². The minimum atomic E-state index is 0.523. The molecule has 5 fully saturated rings. The first-order valence-electron chi connectivity index (χ1n) is 13.9. The molecule has 0 heteroatoms. The lowest BCUT2D eigenvalue weighted by Gasteiger charge is -2.73. The van der Waals surface area contributed by atoms with E-state index in [9.17, 15) is 0 Å². The third-order valence-electron chi connectivity index (χ3n) is 13.5. The van der Waals surface area contributed by atoms with Gasteiger partial charge >= 0.3 is 0 Å². The van der Waals surface area contributed by atoms with Gasteiger partial charge in [-0.25, -0.2) is 0 Å². The second-order valence-corrected chi connectivity index (χ2v) is 15.3. The molecule has 176 valence electrons. The molecule has 0 spiro atoms. The Hall–Kier alpha value is -0.260. The van der Waals surface area contributed by atoms with E-state index >= 15 is 0 Å². The summed E-state index contributed by atoms with van der Waals surface area (Å²) in [6.45, 7) is 25.6. The van der Waals surface area contributed by atoms with Gasteiger partial charge in [-0.05, 0) is 134 Å². The van der Waals surface area contributed by atoms with Crippen molar-refractivity contribution in [2.45, 2.75) is 120 Å². The zero-order chi connectivity index (χ0) is 22.6. The summed E-state index contributed by atoms with van der Waals surface area (Å²) in [5, 5.41) is 0. The van der Waals surface area contributed by atoms with Crippen LogP contribution in [0.1, 0.15) is 120 Å². The summed E-state index contributed by atoms with van der Waals surface area (Å²) in [7, 11) is 0. The maximum absolute atomic E-state index is 4.43. The van der Waals surface area contributed by atoms with Crippen molar-refractivity contribution in [2.75, 3.05) is 0 Å². The van der Waals surface area contributed by atoms with Crippen molar-refractivity contribution in [1.29, 1.82) is 0 Å². The van der Waals surface area contributed by atoms with Gasteiger partial charge in [0.05, 0.1) is 0 Å². The van der Waals surface area contributed by atoms with Crippen LogP contribution < -0.4 is 0 Å². The van der Waals surface area contributed by atoms with Gasteiger partial charge in [-0.15, -0.1) is 0 Å². The summed E-state index contributed by atoms with van der Waals surface area (Å²) < 4.78 is 0. The van der Waals surface area contributed by atoms with Crippen molar-refractivity contribution in [3.63, 3.8) is 0 Å². The molecule has 5 aliphatic rings. The molecule has 31 heavy (non-hydrogen) atoms. The van der Waals surface area contributed by atoms with Gasteiger partial charge in [0, 0.05) is 0 Å². The van der Waals surface area contributed by atoms with Crippen molar-refractivity contribution in [3.8, 4) is 0 Å². The lowest BCUT2D eigenvalue weighted by Crippen LogP contribution is -2.66. The van der Waals surface area contributed by atoms with E-state index in [2.05, 4.69) is 62.0 Å². The molecule has 0 aliphatic heterocycles. The Morgan fingerprint density at radius 1 is 0.677 bits per heavy atom. The Morgan fingerprint density at radius 3 is 1.87 bits per heavy atom. The smallest absolute Gasteiger partial charge is 0.0175 e. The number of hydrogen-bond donors (Lipinski definition) is 0. The average molecular weight is 425 g/mol. The maximum Gasteiger partial charge on any atom is -0.0175 e. The largest absolute Gasteiger partial charge is 0.0999 e. The minimum Gasteiger partial charge on any atom is -0.0999 e. The monoisotopic (exact) mass is 424 g/mol. The Labute approximate surface area is 194 Å². The predicted octanol–water partition coefficient (Wildman–Crippen LogP) is 9.30. The fraction of sp³-hybridized carbons (Fsp3) is 0.935. The zero-order valence-corrected chi connectivity index (χ0v) is 22.2. The fourth-order valence-corrected chi connectivity index (χ4v) is 12.6. The Morgan fingerprint density at radius 2 is 1.26 bits per heavy atom. The van der Waals surface area contributed by atoms with Crippen molar-refractivity contribution in [3.05, 3.63) is 12.2 Å². The third-order valence-corrected chi connectivity index (χ3v) is 13.5. The summed E-state index contributed by atoms with van der Waals surface area (Å²) in [6.07, 6.45) is 14.7. The molecule has 0 bridgehead atoms. The molecule has 0 amide bonds. The highest BCUT2D eigenvalue weighted by atomic mass is 14.7. The van der Waals surface area contributed by atoms with Crippen LogP contribution in [0.15, 0.2) is 12.2 Å². The standard InChI is InChI=1S/C31H52/c1-20(2)22-12-15-28(6)23(22)13-16-30(8)25(28)10-11-26-29(7)19-21(3)18-27(4,5)24(29)14-17-31(26,30)9/h21-26H,1,10-19H2,2-9H3/t21-,22?,23+,24+,25-,26-,28+,29+,30-,31-/m1/s1. The zero-order valence-electron chi connectivity index (χ0n) is 22.2. The Bertz CT molecular complexity index is 760. The molecule has 10 atom stereocenters. The molecule has 0 aromatic carbocycles. The van der Waals surface area contributed by atoms with E-state index in [4.69, 9.17) is 0 Å². The van der Waals surface area contributed by atoms with Gasteiger partial charge in [0.1, 0.15) is 0 Å². The number of rotatable bonds is 1. The van der Waals surface area contributed by atoms with Gasteiger partial charge in [0.25, 0.3) is 0 Å². The molecule has 5 rings (SSSR count). The summed E-state index contributed by atoms with van der Waals surface area (Å²) in [6, 6.07) is 0. The van der Waals surface area contributed by atoms with Crippen LogP contribution in [0.3, 0.4) is 0 Å². The van der Waals surface area contributed by atoms with E-state index in [0.717, 1.165) is 35.5 Å². The van der Waals surface area contributed by atoms with Gasteiger partial charge in [-0.1, -0.05) is 60.6 Å². The molecular weight excluding hydrogens is 372 g/mol. The van der Waals surface area contributed by atoms with Crippen LogP contribution in [-0.4, -0.2) is 0 Å². The molecule has 1 unspecified atom stereocenters. The normalized spacial score (nSPS) is 57.9. The summed E-state index contributed by atoms with van der Waals surface area (Å²) in [5.41, 5.74) is 4.17. The number of allylic oxidation sites excluding steroid dienone is 1. The van der Waals surface area contributed by atoms with Gasteiger partial charge < -0.3 is 0 Å². The van der Waals surface area contributed by atoms with Crippen LogP contribution in [-0.2, 0) is 0 Å². The molecule has 0 aromatic heterocycles. The minimum absolute atomic E-state index is 0.523. The second-order valence-electron chi connectivity index (χ2n) is 15.3. The van der Waals surface area contributed by atoms with Gasteiger partial charge in [0.2, 0.25) is 0 Å². The molecule has 0 saturated heterocycles. The molecule has 5 saturated carbocycles. The molecule has 0 radical (unpaired) electrons. The average Bonchev–Trinajstić information content (AvgIpc) is 2.98. The first-order chi connectivity index (χ1) is 14.3. The number of fused-ring (bicyclic) bond motifs is 7. The van der Waals surface area contributed by atoms with Crippen molar-refractivity contribution < 1.29 is 0 Å². The van der Waals surface area contributed by atoms with Crippen molar-refractivity contribution in [2.24, 2.45) is 62.6 Å². The fourth-order valence-electron chi connectivity index (χ4n) is 12.6. The summed E-state index contributed by atoms with van der Waals surface area (Å²) in [4.78, 5) is 0. The SMILES string of the molecule is C=C(C)C1CC[C@]2(C)[C@H]3CC[C@@H]4[C@@]5(C)C[C@H](C)CC(C)(C)[C@@H]5CC[C@@]4(C)[C@]3(C)CC[C@@H]12. The lowest BCUT2D eigenvalue weighted by atomic mass is 9.31. The van der Waals surface area contributed by atoms with E-state index in [-0.39, 0.29) is 0 Å². The highest BCUT2D eigenvalue weighted by molar-refractivity contribution is 5.20. The predicted molar refractivity (Wildman–Crippen MR) is 134 cm³/mol. The van der Waals surface area contributed by atoms with Crippen LogP contribution in [0.2, 0.25) is 0 Å². The molecule has 0 heterocycles. The second kappa shape index (κ2) is 6.66. The van der Waals surface area contributed by atoms with Crippen molar-refractivity contribution >= 4 is 0 Å².